The zero-order chi connectivity index (χ0) is 16.2. The summed E-state index contributed by atoms with van der Waals surface area (Å²) < 4.78 is 26.6. The zero-order valence-electron chi connectivity index (χ0n) is 12.7. The van der Waals surface area contributed by atoms with Gasteiger partial charge in [0, 0.05) is 32.3 Å². The molecule has 21 heavy (non-hydrogen) atoms. The van der Waals surface area contributed by atoms with Crippen molar-refractivity contribution in [2.75, 3.05) is 19.4 Å². The van der Waals surface area contributed by atoms with Crippen molar-refractivity contribution < 1.29 is 13.3 Å². The Labute approximate surface area is 125 Å². The fourth-order valence-corrected chi connectivity index (χ4v) is 3.64. The average Bonchev–Trinajstić information content (AvgIpc) is 2.45. The van der Waals surface area contributed by atoms with Gasteiger partial charge >= 0.3 is 0 Å². The van der Waals surface area contributed by atoms with Crippen molar-refractivity contribution in [1.29, 1.82) is 0 Å². The fourth-order valence-electron chi connectivity index (χ4n) is 2.04. The Balaban J connectivity index is 3.35. The lowest BCUT2D eigenvalue weighted by Gasteiger charge is -2.25. The van der Waals surface area contributed by atoms with Crippen molar-refractivity contribution >= 4 is 21.4 Å². The summed E-state index contributed by atoms with van der Waals surface area (Å²) in [5.41, 5.74) is 0.0975. The van der Waals surface area contributed by atoms with Crippen LogP contribution < -0.4 is 5.32 Å². The van der Waals surface area contributed by atoms with Gasteiger partial charge in [0.25, 0.3) is 5.69 Å². The third-order valence-corrected chi connectivity index (χ3v) is 5.44. The van der Waals surface area contributed by atoms with Gasteiger partial charge in [-0.05, 0) is 19.4 Å². The molecule has 0 aliphatic carbocycles. The minimum absolute atomic E-state index is 0.0790. The summed E-state index contributed by atoms with van der Waals surface area (Å²) in [4.78, 5) is 10.2. The zero-order valence-corrected chi connectivity index (χ0v) is 13.5. The summed E-state index contributed by atoms with van der Waals surface area (Å²) in [6.45, 7) is 3.79. The van der Waals surface area contributed by atoms with Crippen molar-refractivity contribution in [3.8, 4) is 0 Å². The van der Waals surface area contributed by atoms with E-state index >= 15 is 0 Å². The summed E-state index contributed by atoms with van der Waals surface area (Å²) in [5, 5.41) is 13.6. The highest BCUT2D eigenvalue weighted by Gasteiger charge is 2.29. The predicted molar refractivity (Wildman–Crippen MR) is 82.0 cm³/mol. The van der Waals surface area contributed by atoms with Gasteiger partial charge in [-0.2, -0.15) is 4.31 Å². The van der Waals surface area contributed by atoms with Gasteiger partial charge in [0.15, 0.2) is 0 Å². The quantitative estimate of drug-likeness (QED) is 0.616. The van der Waals surface area contributed by atoms with Crippen molar-refractivity contribution in [3.63, 3.8) is 0 Å². The summed E-state index contributed by atoms with van der Waals surface area (Å²) in [7, 11) is -0.720. The van der Waals surface area contributed by atoms with E-state index in [1.807, 2.05) is 13.8 Å². The number of hydrogen-bond acceptors (Lipinski definition) is 5. The summed E-state index contributed by atoms with van der Waals surface area (Å²) in [5.74, 6) is 0. The van der Waals surface area contributed by atoms with Gasteiger partial charge in [-0.15, -0.1) is 0 Å². The molecule has 0 amide bonds. The Hall–Kier alpha value is -1.67. The number of nitrogens with zero attached hydrogens (tertiary/aromatic N) is 2. The normalized spacial score (nSPS) is 13.2. The van der Waals surface area contributed by atoms with Gasteiger partial charge in [0.2, 0.25) is 10.0 Å². The predicted octanol–water partition coefficient (Wildman–Crippen LogP) is 2.45. The van der Waals surface area contributed by atoms with Crippen LogP contribution in [-0.2, 0) is 10.0 Å². The fraction of sp³-hybridized carbons (Fsp3) is 0.538. The molecule has 1 unspecified atom stereocenters. The molecule has 0 bridgehead atoms. The molecule has 0 saturated carbocycles. The van der Waals surface area contributed by atoms with Crippen LogP contribution in [-0.4, -0.2) is 37.8 Å². The molecule has 0 aliphatic rings. The largest absolute Gasteiger partial charge is 0.387 e. The third-order valence-electron chi connectivity index (χ3n) is 3.43. The molecular weight excluding hydrogens is 294 g/mol. The standard InChI is InChI=1S/C13H21N3O4S/c1-5-6-10(2)15(4)21(19,20)13-9-11(16(17)18)7-8-12(13)14-3/h7-10,14H,5-6H2,1-4H3. The molecule has 1 rings (SSSR count). The van der Waals surface area contributed by atoms with E-state index in [4.69, 9.17) is 0 Å². The van der Waals surface area contributed by atoms with E-state index in [-0.39, 0.29) is 16.6 Å². The molecule has 0 spiro atoms. The van der Waals surface area contributed by atoms with E-state index in [9.17, 15) is 18.5 Å². The molecule has 1 atom stereocenters. The Morgan fingerprint density at radius 2 is 2.05 bits per heavy atom. The van der Waals surface area contributed by atoms with Gasteiger partial charge in [0.1, 0.15) is 4.90 Å². The highest BCUT2D eigenvalue weighted by atomic mass is 32.2. The molecule has 0 aliphatic heterocycles. The van der Waals surface area contributed by atoms with Gasteiger partial charge in [-0.3, -0.25) is 10.1 Å². The molecule has 7 nitrogen and oxygen atoms in total. The van der Waals surface area contributed by atoms with E-state index in [0.717, 1.165) is 18.9 Å². The maximum Gasteiger partial charge on any atom is 0.270 e. The number of rotatable bonds is 7. The first-order valence-corrected chi connectivity index (χ1v) is 8.14. The Morgan fingerprint density at radius 3 is 2.52 bits per heavy atom. The maximum atomic E-state index is 12.7. The Morgan fingerprint density at radius 1 is 1.43 bits per heavy atom. The van der Waals surface area contributed by atoms with Gasteiger partial charge in [-0.1, -0.05) is 13.3 Å². The van der Waals surface area contributed by atoms with Crippen molar-refractivity contribution in [2.24, 2.45) is 0 Å². The van der Waals surface area contributed by atoms with Gasteiger partial charge in [-0.25, -0.2) is 8.42 Å². The number of nitro groups is 1. The molecular formula is C13H21N3O4S. The van der Waals surface area contributed by atoms with E-state index in [1.54, 1.807) is 7.05 Å². The second-order valence-electron chi connectivity index (χ2n) is 4.85. The minimum atomic E-state index is -3.79. The van der Waals surface area contributed by atoms with Gasteiger partial charge in [0.05, 0.1) is 10.6 Å². The first-order chi connectivity index (χ1) is 9.75. The van der Waals surface area contributed by atoms with E-state index in [0.29, 0.717) is 5.69 Å². The van der Waals surface area contributed by atoms with E-state index < -0.39 is 14.9 Å². The van der Waals surface area contributed by atoms with Crippen LogP contribution in [0.3, 0.4) is 0 Å². The van der Waals surface area contributed by atoms with Crippen molar-refractivity contribution in [2.45, 2.75) is 37.6 Å². The average molecular weight is 315 g/mol. The lowest BCUT2D eigenvalue weighted by atomic mass is 10.2. The molecule has 0 saturated heterocycles. The number of anilines is 1. The highest BCUT2D eigenvalue weighted by molar-refractivity contribution is 7.89. The molecule has 0 radical (unpaired) electrons. The van der Waals surface area contributed by atoms with Crippen LogP contribution in [0.2, 0.25) is 0 Å². The summed E-state index contributed by atoms with van der Waals surface area (Å²) in [6, 6.07) is 3.60. The molecule has 118 valence electrons. The number of benzene rings is 1. The van der Waals surface area contributed by atoms with E-state index in [1.165, 1.54) is 23.5 Å². The molecule has 1 N–H and O–H groups in total. The number of nitrogens with one attached hydrogen (secondary N) is 1. The molecule has 0 fully saturated rings. The first-order valence-electron chi connectivity index (χ1n) is 6.69. The maximum absolute atomic E-state index is 12.7. The number of non-ortho nitro benzene ring substituents is 1. The Kier molecular flexibility index (Phi) is 5.68. The third kappa shape index (κ3) is 3.70. The highest BCUT2D eigenvalue weighted by Crippen LogP contribution is 2.29. The number of sulfonamides is 1. The van der Waals surface area contributed by atoms with E-state index in [2.05, 4.69) is 5.32 Å². The SMILES string of the molecule is CCCC(C)N(C)S(=O)(=O)c1cc([N+](=O)[O-])ccc1NC. The van der Waals surface area contributed by atoms with Crippen LogP contribution in [0.1, 0.15) is 26.7 Å². The smallest absolute Gasteiger partial charge is 0.270 e. The Bertz CT molecular complexity index is 616. The second-order valence-corrected chi connectivity index (χ2v) is 6.81. The number of hydrogen-bond donors (Lipinski definition) is 1. The van der Waals surface area contributed by atoms with Gasteiger partial charge < -0.3 is 5.32 Å². The van der Waals surface area contributed by atoms with Crippen LogP contribution >= 0.6 is 0 Å². The molecule has 0 heterocycles. The summed E-state index contributed by atoms with van der Waals surface area (Å²) in [6.07, 6.45) is 1.58. The first kappa shape index (κ1) is 17.4. The van der Waals surface area contributed by atoms with Crippen LogP contribution in [0, 0.1) is 10.1 Å². The molecule has 0 aromatic heterocycles. The number of nitro benzene ring substituents is 1. The monoisotopic (exact) mass is 315 g/mol. The lowest BCUT2D eigenvalue weighted by molar-refractivity contribution is -0.385. The molecule has 8 heteroatoms. The topological polar surface area (TPSA) is 92.5 Å². The minimum Gasteiger partial charge on any atom is -0.387 e. The molecule has 1 aromatic rings. The van der Waals surface area contributed by atoms with Crippen molar-refractivity contribution in [1.82, 2.24) is 4.31 Å². The lowest BCUT2D eigenvalue weighted by Crippen LogP contribution is -2.35. The van der Waals surface area contributed by atoms with Crippen LogP contribution in [0.4, 0.5) is 11.4 Å². The van der Waals surface area contributed by atoms with Crippen LogP contribution in [0.15, 0.2) is 23.1 Å². The second kappa shape index (κ2) is 6.86. The summed E-state index contributed by atoms with van der Waals surface area (Å²) >= 11 is 0. The molecule has 1 aromatic carbocycles. The van der Waals surface area contributed by atoms with Crippen LogP contribution in [0.5, 0.6) is 0 Å². The van der Waals surface area contributed by atoms with Crippen molar-refractivity contribution in [3.05, 3.63) is 28.3 Å². The van der Waals surface area contributed by atoms with Crippen LogP contribution in [0.25, 0.3) is 0 Å².